The quantitative estimate of drug-likeness (QED) is 0.686. The molecule has 0 radical (unpaired) electrons. The molecule has 2 aromatic heterocycles. The maximum Gasteiger partial charge on any atom is 0.241 e. The van der Waals surface area contributed by atoms with E-state index in [0.717, 1.165) is 5.56 Å². The Hall–Kier alpha value is -2.19. The highest BCUT2D eigenvalue weighted by Crippen LogP contribution is 2.49. The van der Waals surface area contributed by atoms with Crippen LogP contribution in [0, 0.1) is 5.92 Å². The Morgan fingerprint density at radius 1 is 1.24 bits per heavy atom. The van der Waals surface area contributed by atoms with E-state index in [1.54, 1.807) is 10.7 Å². The van der Waals surface area contributed by atoms with Gasteiger partial charge in [-0.05, 0) is 24.5 Å². The number of aromatic nitrogens is 5. The average Bonchev–Trinajstić information content (AvgIpc) is 3.02. The largest absolute Gasteiger partial charge is 0.383 e. The van der Waals surface area contributed by atoms with Crippen LogP contribution in [0.25, 0.3) is 11.2 Å². The summed E-state index contributed by atoms with van der Waals surface area (Å²) < 4.78 is 27.6. The second kappa shape index (κ2) is 6.95. The van der Waals surface area contributed by atoms with E-state index in [-0.39, 0.29) is 18.5 Å². The number of fused-ring (bicyclic) bond motifs is 1. The van der Waals surface area contributed by atoms with Crippen molar-refractivity contribution in [2.45, 2.75) is 57.6 Å². The van der Waals surface area contributed by atoms with Crippen molar-refractivity contribution in [2.24, 2.45) is 5.92 Å². The number of aliphatic hydroxyl groups is 1. The Morgan fingerprint density at radius 2 is 1.93 bits per heavy atom. The number of alkyl halides is 2. The molecule has 154 valence electrons. The van der Waals surface area contributed by atoms with Gasteiger partial charge < -0.3 is 5.11 Å². The third-order valence-electron chi connectivity index (χ3n) is 5.31. The SMILES string of the molecule is CC(C)(C)c1nc(C2(O)CC(C(F)F)C2)c2nnn(Cc3ccccc3Cl)c2n1. The highest BCUT2D eigenvalue weighted by atomic mass is 35.5. The first-order valence-corrected chi connectivity index (χ1v) is 9.82. The molecule has 0 spiro atoms. The summed E-state index contributed by atoms with van der Waals surface area (Å²) in [4.78, 5) is 9.19. The van der Waals surface area contributed by atoms with E-state index in [0.29, 0.717) is 28.6 Å². The van der Waals surface area contributed by atoms with Crippen LogP contribution in [-0.2, 0) is 17.6 Å². The highest BCUT2D eigenvalue weighted by Gasteiger charge is 2.50. The number of hydrogen-bond donors (Lipinski definition) is 1. The van der Waals surface area contributed by atoms with E-state index in [4.69, 9.17) is 11.6 Å². The lowest BCUT2D eigenvalue weighted by Gasteiger charge is -2.42. The Labute approximate surface area is 171 Å². The highest BCUT2D eigenvalue weighted by molar-refractivity contribution is 6.31. The number of halogens is 3. The molecule has 0 unspecified atom stereocenters. The summed E-state index contributed by atoms with van der Waals surface area (Å²) in [5.41, 5.74) is 0.0420. The number of hydrogen-bond acceptors (Lipinski definition) is 5. The molecular weight excluding hydrogens is 400 g/mol. The molecule has 0 saturated heterocycles. The summed E-state index contributed by atoms with van der Waals surface area (Å²) in [6, 6.07) is 7.39. The van der Waals surface area contributed by atoms with Gasteiger partial charge in [0.25, 0.3) is 0 Å². The molecule has 1 fully saturated rings. The average molecular weight is 422 g/mol. The Balaban J connectivity index is 1.82. The molecule has 2 heterocycles. The van der Waals surface area contributed by atoms with E-state index in [1.165, 1.54) is 0 Å². The van der Waals surface area contributed by atoms with Gasteiger partial charge in [0.1, 0.15) is 17.1 Å². The lowest BCUT2D eigenvalue weighted by Crippen LogP contribution is -2.45. The standard InChI is InChI=1S/C20H22ClF2N5O/c1-19(2,3)18-24-15(20(29)8-12(9-20)16(22)23)14-17(25-18)28(27-26-14)10-11-6-4-5-7-13(11)21/h4-7,12,16,29H,8-10H2,1-3H3. The fourth-order valence-corrected chi connectivity index (χ4v) is 3.79. The molecule has 29 heavy (non-hydrogen) atoms. The van der Waals surface area contributed by atoms with Crippen LogP contribution in [0.1, 0.15) is 50.7 Å². The molecule has 0 bridgehead atoms. The monoisotopic (exact) mass is 421 g/mol. The molecular formula is C20H22ClF2N5O. The van der Waals surface area contributed by atoms with Crippen molar-refractivity contribution in [2.75, 3.05) is 0 Å². The van der Waals surface area contributed by atoms with Crippen molar-refractivity contribution in [3.63, 3.8) is 0 Å². The summed E-state index contributed by atoms with van der Waals surface area (Å²) in [5.74, 6) is -0.349. The lowest BCUT2D eigenvalue weighted by molar-refractivity contribution is -0.128. The zero-order valence-corrected chi connectivity index (χ0v) is 17.2. The summed E-state index contributed by atoms with van der Waals surface area (Å²) in [6.45, 7) is 6.20. The molecule has 1 aromatic carbocycles. The van der Waals surface area contributed by atoms with Gasteiger partial charge in [0.2, 0.25) is 6.43 Å². The molecule has 0 amide bonds. The molecule has 6 nitrogen and oxygen atoms in total. The second-order valence-electron chi connectivity index (χ2n) is 8.69. The maximum absolute atomic E-state index is 13.0. The van der Waals surface area contributed by atoms with Gasteiger partial charge in [-0.2, -0.15) is 0 Å². The lowest BCUT2D eigenvalue weighted by atomic mass is 9.69. The summed E-state index contributed by atoms with van der Waals surface area (Å²) in [7, 11) is 0. The predicted molar refractivity (Wildman–Crippen MR) is 105 cm³/mol. The minimum atomic E-state index is -2.47. The van der Waals surface area contributed by atoms with Gasteiger partial charge in [0.15, 0.2) is 11.2 Å². The molecule has 9 heteroatoms. The zero-order valence-electron chi connectivity index (χ0n) is 16.4. The molecule has 0 aliphatic heterocycles. The zero-order chi connectivity index (χ0) is 21.0. The van der Waals surface area contributed by atoms with Gasteiger partial charge in [-0.1, -0.05) is 55.8 Å². The van der Waals surface area contributed by atoms with Gasteiger partial charge in [-0.15, -0.1) is 5.10 Å². The van der Waals surface area contributed by atoms with Gasteiger partial charge in [-0.3, -0.25) is 0 Å². The van der Waals surface area contributed by atoms with E-state index >= 15 is 0 Å². The first-order chi connectivity index (χ1) is 13.6. The first-order valence-electron chi connectivity index (χ1n) is 9.44. The van der Waals surface area contributed by atoms with E-state index in [1.807, 2.05) is 39.0 Å². The van der Waals surface area contributed by atoms with Crippen LogP contribution < -0.4 is 0 Å². The second-order valence-corrected chi connectivity index (χ2v) is 9.10. The minimum Gasteiger partial charge on any atom is -0.383 e. The van der Waals surface area contributed by atoms with Crippen molar-refractivity contribution in [1.29, 1.82) is 0 Å². The van der Waals surface area contributed by atoms with Crippen LogP contribution in [0.15, 0.2) is 24.3 Å². The van der Waals surface area contributed by atoms with Crippen molar-refractivity contribution in [1.82, 2.24) is 25.0 Å². The van der Waals surface area contributed by atoms with Crippen molar-refractivity contribution in [3.8, 4) is 0 Å². The van der Waals surface area contributed by atoms with Crippen LogP contribution >= 0.6 is 11.6 Å². The topological polar surface area (TPSA) is 76.7 Å². The molecule has 1 aliphatic carbocycles. The number of nitrogens with zero attached hydrogens (tertiary/aromatic N) is 5. The summed E-state index contributed by atoms with van der Waals surface area (Å²) >= 11 is 6.27. The molecule has 1 aliphatic rings. The van der Waals surface area contributed by atoms with Gasteiger partial charge in [0.05, 0.1) is 6.54 Å². The van der Waals surface area contributed by atoms with Gasteiger partial charge in [0, 0.05) is 16.4 Å². The third kappa shape index (κ3) is 3.59. The van der Waals surface area contributed by atoms with E-state index < -0.39 is 23.4 Å². The Kier molecular flexibility index (Phi) is 4.82. The first kappa shape index (κ1) is 20.1. The Bertz CT molecular complexity index is 1060. The predicted octanol–water partition coefficient (Wildman–Crippen LogP) is 4.08. The smallest absolute Gasteiger partial charge is 0.241 e. The van der Waals surface area contributed by atoms with Crippen molar-refractivity contribution >= 4 is 22.8 Å². The minimum absolute atomic E-state index is 0.0578. The van der Waals surface area contributed by atoms with Crippen LogP contribution in [0.4, 0.5) is 8.78 Å². The van der Waals surface area contributed by atoms with E-state index in [2.05, 4.69) is 20.3 Å². The normalized spacial score (nSPS) is 22.3. The summed E-state index contributed by atoms with van der Waals surface area (Å²) in [5, 5.41) is 20.0. The van der Waals surface area contributed by atoms with Crippen LogP contribution in [0.2, 0.25) is 5.02 Å². The number of rotatable bonds is 4. The van der Waals surface area contributed by atoms with Crippen LogP contribution in [-0.4, -0.2) is 36.5 Å². The maximum atomic E-state index is 13.0. The molecule has 3 aromatic rings. The summed E-state index contributed by atoms with van der Waals surface area (Å²) in [6.07, 6.45) is -2.58. The molecule has 1 saturated carbocycles. The van der Waals surface area contributed by atoms with Gasteiger partial charge >= 0.3 is 0 Å². The van der Waals surface area contributed by atoms with Crippen LogP contribution in [0.5, 0.6) is 0 Å². The van der Waals surface area contributed by atoms with E-state index in [9.17, 15) is 13.9 Å². The van der Waals surface area contributed by atoms with Crippen molar-refractivity contribution in [3.05, 3.63) is 46.4 Å². The molecule has 1 N–H and O–H groups in total. The van der Waals surface area contributed by atoms with Crippen LogP contribution in [0.3, 0.4) is 0 Å². The van der Waals surface area contributed by atoms with Gasteiger partial charge in [-0.25, -0.2) is 23.4 Å². The molecule has 0 atom stereocenters. The van der Waals surface area contributed by atoms with Crippen molar-refractivity contribution < 1.29 is 13.9 Å². The fraction of sp³-hybridized carbons (Fsp3) is 0.500. The Morgan fingerprint density at radius 3 is 2.55 bits per heavy atom. The third-order valence-corrected chi connectivity index (χ3v) is 5.68. The number of benzene rings is 1. The molecule has 4 rings (SSSR count). The fourth-order valence-electron chi connectivity index (χ4n) is 3.59.